The highest BCUT2D eigenvalue weighted by atomic mass is 13.9. The smallest absolute Gasteiger partial charge is 0.0345 e. The van der Waals surface area contributed by atoms with Crippen molar-refractivity contribution in [2.75, 3.05) is 0 Å². The molecule has 0 atom stereocenters. The molecule has 0 aliphatic heterocycles. The van der Waals surface area contributed by atoms with Crippen LogP contribution in [-0.4, -0.2) is 0 Å². The molecule has 0 fully saturated rings. The van der Waals surface area contributed by atoms with Gasteiger partial charge in [-0.2, -0.15) is 0 Å². The van der Waals surface area contributed by atoms with Crippen LogP contribution >= 0.6 is 0 Å². The molecule has 0 aliphatic rings. The summed E-state index contributed by atoms with van der Waals surface area (Å²) >= 11 is 0. The quantitative estimate of drug-likeness (QED) is 0.411. The van der Waals surface area contributed by atoms with Gasteiger partial charge in [-0.3, -0.25) is 0 Å². The van der Waals surface area contributed by atoms with Crippen LogP contribution < -0.4 is 0 Å². The molecule has 0 heteroatoms. The average molecular weight is 152 g/mol. The van der Waals surface area contributed by atoms with E-state index in [9.17, 15) is 0 Å². The van der Waals surface area contributed by atoms with Crippen molar-refractivity contribution < 1.29 is 0 Å². The molecule has 0 nitrogen and oxygen atoms in total. The van der Waals surface area contributed by atoms with Gasteiger partial charge < -0.3 is 0 Å². The normalized spacial score (nSPS) is 11.7. The Morgan fingerprint density at radius 2 is 1.91 bits per heavy atom. The average Bonchev–Trinajstić information content (AvgIpc) is 1.97. The van der Waals surface area contributed by atoms with E-state index in [1.807, 2.05) is 0 Å². The Labute approximate surface area is 71.0 Å². The summed E-state index contributed by atoms with van der Waals surface area (Å²) in [4.78, 5) is 0. The SMILES string of the molecule is C=C(C)C(C)=CCCCCC. The van der Waals surface area contributed by atoms with Crippen LogP contribution in [-0.2, 0) is 0 Å². The molecule has 0 heterocycles. The number of unbranched alkanes of at least 4 members (excludes halogenated alkanes) is 3. The minimum Gasteiger partial charge on any atom is -0.0959 e. The standard InChI is InChI=1S/C11H20/c1-5-6-7-8-9-11(4)10(2)3/h9H,2,5-8H2,1,3-4H3. The van der Waals surface area contributed by atoms with Crippen molar-refractivity contribution in [3.8, 4) is 0 Å². The van der Waals surface area contributed by atoms with Gasteiger partial charge in [-0.25, -0.2) is 0 Å². The topological polar surface area (TPSA) is 0 Å². The van der Waals surface area contributed by atoms with Crippen LogP contribution in [0.25, 0.3) is 0 Å². The molecule has 0 spiro atoms. The van der Waals surface area contributed by atoms with Gasteiger partial charge in [-0.1, -0.05) is 43.6 Å². The van der Waals surface area contributed by atoms with Crippen LogP contribution in [0, 0.1) is 0 Å². The summed E-state index contributed by atoms with van der Waals surface area (Å²) in [5.41, 5.74) is 2.54. The fourth-order valence-electron chi connectivity index (χ4n) is 0.887. The van der Waals surface area contributed by atoms with E-state index in [4.69, 9.17) is 0 Å². The van der Waals surface area contributed by atoms with Crippen molar-refractivity contribution in [1.29, 1.82) is 0 Å². The number of hydrogen-bond acceptors (Lipinski definition) is 0. The molecule has 0 aromatic carbocycles. The Morgan fingerprint density at radius 3 is 2.36 bits per heavy atom. The van der Waals surface area contributed by atoms with Gasteiger partial charge >= 0.3 is 0 Å². The summed E-state index contributed by atoms with van der Waals surface area (Å²) < 4.78 is 0. The van der Waals surface area contributed by atoms with Gasteiger partial charge in [0.2, 0.25) is 0 Å². The molecule has 11 heavy (non-hydrogen) atoms. The zero-order chi connectivity index (χ0) is 8.69. The van der Waals surface area contributed by atoms with Gasteiger partial charge in [0.1, 0.15) is 0 Å². The second-order valence-electron chi connectivity index (χ2n) is 3.16. The molecule has 0 aliphatic carbocycles. The van der Waals surface area contributed by atoms with E-state index >= 15 is 0 Å². The van der Waals surface area contributed by atoms with Gasteiger partial charge in [0.25, 0.3) is 0 Å². The molecule has 0 saturated carbocycles. The van der Waals surface area contributed by atoms with Gasteiger partial charge in [0.15, 0.2) is 0 Å². The third kappa shape index (κ3) is 5.90. The largest absolute Gasteiger partial charge is 0.0959 e. The van der Waals surface area contributed by atoms with E-state index in [1.165, 1.54) is 36.8 Å². The predicted octanol–water partition coefficient (Wildman–Crippen LogP) is 4.09. The van der Waals surface area contributed by atoms with Gasteiger partial charge in [0, 0.05) is 0 Å². The summed E-state index contributed by atoms with van der Waals surface area (Å²) in [6.45, 7) is 10.3. The van der Waals surface area contributed by atoms with Gasteiger partial charge in [-0.05, 0) is 26.7 Å². The highest BCUT2D eigenvalue weighted by Gasteiger charge is 1.88. The monoisotopic (exact) mass is 152 g/mol. The molecule has 0 aromatic rings. The maximum Gasteiger partial charge on any atom is -0.0345 e. The maximum atomic E-state index is 3.89. The van der Waals surface area contributed by atoms with Gasteiger partial charge in [0.05, 0.1) is 0 Å². The number of hydrogen-bond donors (Lipinski definition) is 0. The summed E-state index contributed by atoms with van der Waals surface area (Å²) in [6.07, 6.45) is 7.48. The van der Waals surface area contributed by atoms with E-state index < -0.39 is 0 Å². The predicted molar refractivity (Wildman–Crippen MR) is 52.7 cm³/mol. The lowest BCUT2D eigenvalue weighted by Gasteiger charge is -1.98. The highest BCUT2D eigenvalue weighted by molar-refractivity contribution is 5.23. The third-order valence-corrected chi connectivity index (χ3v) is 1.93. The second kappa shape index (κ2) is 6.21. The first-order valence-electron chi connectivity index (χ1n) is 4.51. The first-order chi connectivity index (χ1) is 5.18. The first kappa shape index (κ1) is 10.5. The van der Waals surface area contributed by atoms with Crippen LogP contribution in [0.15, 0.2) is 23.8 Å². The van der Waals surface area contributed by atoms with E-state index in [0.717, 1.165) is 0 Å². The molecule has 64 valence electrons. The Balaban J connectivity index is 3.48. The Kier molecular flexibility index (Phi) is 5.91. The minimum atomic E-state index is 1.20. The maximum absolute atomic E-state index is 3.89. The first-order valence-corrected chi connectivity index (χ1v) is 4.51. The van der Waals surface area contributed by atoms with E-state index in [0.29, 0.717) is 0 Å². The van der Waals surface area contributed by atoms with Crippen LogP contribution in [0.3, 0.4) is 0 Å². The summed E-state index contributed by atoms with van der Waals surface area (Å²) in [5.74, 6) is 0. The molecule has 0 N–H and O–H groups in total. The van der Waals surface area contributed by atoms with E-state index in [1.54, 1.807) is 0 Å². The molecule has 0 bridgehead atoms. The Morgan fingerprint density at radius 1 is 1.27 bits per heavy atom. The molecular weight excluding hydrogens is 132 g/mol. The van der Waals surface area contributed by atoms with Crippen molar-refractivity contribution in [3.05, 3.63) is 23.8 Å². The molecule has 0 amide bonds. The molecule has 0 unspecified atom stereocenters. The molecule has 0 saturated heterocycles. The Hall–Kier alpha value is -0.520. The minimum absolute atomic E-state index is 1.20. The lowest BCUT2D eigenvalue weighted by Crippen LogP contribution is -1.77. The fraction of sp³-hybridized carbons (Fsp3) is 0.636. The molecule has 0 radical (unpaired) electrons. The number of rotatable bonds is 5. The molecule has 0 aromatic heterocycles. The van der Waals surface area contributed by atoms with Crippen molar-refractivity contribution in [2.45, 2.75) is 46.5 Å². The molecule has 0 rings (SSSR count). The Bertz CT molecular complexity index is 140. The fourth-order valence-corrected chi connectivity index (χ4v) is 0.887. The van der Waals surface area contributed by atoms with Crippen LogP contribution in [0.5, 0.6) is 0 Å². The third-order valence-electron chi connectivity index (χ3n) is 1.93. The van der Waals surface area contributed by atoms with E-state index in [-0.39, 0.29) is 0 Å². The van der Waals surface area contributed by atoms with Crippen molar-refractivity contribution in [2.24, 2.45) is 0 Å². The van der Waals surface area contributed by atoms with Crippen LogP contribution in [0.4, 0.5) is 0 Å². The molecular formula is C11H20. The van der Waals surface area contributed by atoms with Crippen molar-refractivity contribution >= 4 is 0 Å². The lowest BCUT2D eigenvalue weighted by atomic mass is 10.1. The van der Waals surface area contributed by atoms with E-state index in [2.05, 4.69) is 33.4 Å². The summed E-state index contributed by atoms with van der Waals surface area (Å²) in [5, 5.41) is 0. The van der Waals surface area contributed by atoms with Crippen LogP contribution in [0.2, 0.25) is 0 Å². The van der Waals surface area contributed by atoms with Gasteiger partial charge in [-0.15, -0.1) is 0 Å². The zero-order valence-corrected chi connectivity index (χ0v) is 8.11. The summed E-state index contributed by atoms with van der Waals surface area (Å²) in [6, 6.07) is 0. The second-order valence-corrected chi connectivity index (χ2v) is 3.16. The highest BCUT2D eigenvalue weighted by Crippen LogP contribution is 2.08. The van der Waals surface area contributed by atoms with Crippen LogP contribution in [0.1, 0.15) is 46.5 Å². The zero-order valence-electron chi connectivity index (χ0n) is 8.11. The number of allylic oxidation sites excluding steroid dienone is 3. The van der Waals surface area contributed by atoms with Crippen molar-refractivity contribution in [3.63, 3.8) is 0 Å². The summed E-state index contributed by atoms with van der Waals surface area (Å²) in [7, 11) is 0. The van der Waals surface area contributed by atoms with Crippen molar-refractivity contribution in [1.82, 2.24) is 0 Å². The lowest BCUT2D eigenvalue weighted by molar-refractivity contribution is 0.727.